The van der Waals surface area contributed by atoms with Crippen molar-refractivity contribution in [2.24, 2.45) is 0 Å². The molecule has 4 aromatic rings. The van der Waals surface area contributed by atoms with Crippen LogP contribution in [-0.4, -0.2) is 29.4 Å². The summed E-state index contributed by atoms with van der Waals surface area (Å²) in [6, 6.07) is 8.32. The molecule has 0 saturated carbocycles. The number of aryl methyl sites for hydroxylation is 3. The van der Waals surface area contributed by atoms with E-state index >= 15 is 0 Å². The lowest BCUT2D eigenvalue weighted by atomic mass is 10.1. The minimum absolute atomic E-state index is 0.736. The Bertz CT molecular complexity index is 1040. The van der Waals surface area contributed by atoms with E-state index < -0.39 is 0 Å². The van der Waals surface area contributed by atoms with Crippen LogP contribution in [0.4, 0.5) is 0 Å². The average Bonchev–Trinajstić information content (AvgIpc) is 3.24. The summed E-state index contributed by atoms with van der Waals surface area (Å²) in [6.45, 7) is 7.30. The maximum absolute atomic E-state index is 4.84. The molecule has 0 saturated heterocycles. The van der Waals surface area contributed by atoms with Crippen LogP contribution in [0.1, 0.15) is 44.5 Å². The van der Waals surface area contributed by atoms with E-state index in [0.717, 1.165) is 66.1 Å². The monoisotopic (exact) mass is 348 g/mol. The Morgan fingerprint density at radius 3 is 2.50 bits per heavy atom. The average molecular weight is 348 g/mol. The highest BCUT2D eigenvalue weighted by molar-refractivity contribution is 5.89. The maximum Gasteiger partial charge on any atom is 0.186 e. The smallest absolute Gasteiger partial charge is 0.186 e. The number of aromatic nitrogens is 6. The van der Waals surface area contributed by atoms with Gasteiger partial charge in [0.2, 0.25) is 0 Å². The van der Waals surface area contributed by atoms with E-state index in [9.17, 15) is 0 Å². The van der Waals surface area contributed by atoms with E-state index in [1.165, 1.54) is 5.56 Å². The number of unbranched alkanes of at least 4 members (excludes halogenated alkanes) is 1. The molecule has 0 spiro atoms. The van der Waals surface area contributed by atoms with Crippen LogP contribution >= 0.6 is 0 Å². The van der Waals surface area contributed by atoms with Crippen LogP contribution in [0.15, 0.2) is 30.5 Å². The Kier molecular flexibility index (Phi) is 4.41. The van der Waals surface area contributed by atoms with Crippen LogP contribution < -0.4 is 0 Å². The second kappa shape index (κ2) is 6.86. The highest BCUT2D eigenvalue weighted by atomic mass is 15.4. The van der Waals surface area contributed by atoms with Crippen LogP contribution in [0, 0.1) is 6.92 Å². The molecule has 1 aromatic carbocycles. The van der Waals surface area contributed by atoms with E-state index in [1.807, 2.05) is 15.4 Å². The predicted molar refractivity (Wildman–Crippen MR) is 103 cm³/mol. The molecule has 6 heteroatoms. The van der Waals surface area contributed by atoms with Gasteiger partial charge in [0.05, 0.1) is 5.39 Å². The number of hydrogen-bond donors (Lipinski definition) is 0. The Labute approximate surface area is 152 Å². The van der Waals surface area contributed by atoms with Crippen LogP contribution in [0.25, 0.3) is 28.1 Å². The van der Waals surface area contributed by atoms with Gasteiger partial charge in [-0.05, 0) is 19.8 Å². The fourth-order valence-electron chi connectivity index (χ4n) is 3.15. The molecule has 0 aliphatic heterocycles. The van der Waals surface area contributed by atoms with E-state index in [0.29, 0.717) is 0 Å². The maximum atomic E-state index is 4.84. The normalized spacial score (nSPS) is 11.7. The second-order valence-electron chi connectivity index (χ2n) is 6.80. The molecule has 0 atom stereocenters. The second-order valence-corrected chi connectivity index (χ2v) is 6.80. The van der Waals surface area contributed by atoms with Gasteiger partial charge in [-0.3, -0.25) is 4.68 Å². The van der Waals surface area contributed by atoms with Crippen molar-refractivity contribution in [3.05, 3.63) is 41.9 Å². The van der Waals surface area contributed by atoms with Gasteiger partial charge in [-0.15, -0.1) is 5.10 Å². The third-order valence-corrected chi connectivity index (χ3v) is 4.59. The summed E-state index contributed by atoms with van der Waals surface area (Å²) in [5.41, 5.74) is 3.86. The molecule has 3 heterocycles. The molecule has 0 unspecified atom stereocenters. The molecule has 0 amide bonds. The van der Waals surface area contributed by atoms with Gasteiger partial charge in [0.25, 0.3) is 0 Å². The van der Waals surface area contributed by atoms with E-state index in [4.69, 9.17) is 15.1 Å². The van der Waals surface area contributed by atoms with Crippen molar-refractivity contribution in [3.8, 4) is 11.4 Å². The Morgan fingerprint density at radius 1 is 0.962 bits per heavy atom. The summed E-state index contributed by atoms with van der Waals surface area (Å²) in [4.78, 5) is 9.63. The molecule has 0 fully saturated rings. The quantitative estimate of drug-likeness (QED) is 0.524. The van der Waals surface area contributed by atoms with Crippen LogP contribution in [-0.2, 0) is 13.0 Å². The summed E-state index contributed by atoms with van der Waals surface area (Å²) in [7, 11) is 0. The highest BCUT2D eigenvalue weighted by Crippen LogP contribution is 2.23. The molecule has 134 valence electrons. The van der Waals surface area contributed by atoms with Gasteiger partial charge in [-0.25, -0.2) is 9.97 Å². The first-order valence-corrected chi connectivity index (χ1v) is 9.39. The van der Waals surface area contributed by atoms with Crippen molar-refractivity contribution in [1.29, 1.82) is 0 Å². The van der Waals surface area contributed by atoms with Gasteiger partial charge >= 0.3 is 0 Å². The number of hydrogen-bond acceptors (Lipinski definition) is 4. The van der Waals surface area contributed by atoms with Gasteiger partial charge in [0.1, 0.15) is 5.82 Å². The molecule has 0 bridgehead atoms. The zero-order valence-electron chi connectivity index (χ0n) is 15.6. The SMILES string of the molecule is CCCCc1nc2nn(CCC)cc2c2nc(-c3ccc(C)cc3)nn12. The standard InChI is InChI=1S/C20H24N6/c1-4-6-7-17-21-19-16(13-25(23-19)12-5-2)20-22-18(24-26(17)20)15-10-8-14(3)9-11-15/h8-11,13H,4-7,12H2,1-3H3. The fraction of sp³-hybridized carbons (Fsp3) is 0.400. The van der Waals surface area contributed by atoms with Crippen molar-refractivity contribution in [2.75, 3.05) is 0 Å². The molecule has 0 aliphatic rings. The lowest BCUT2D eigenvalue weighted by Crippen LogP contribution is -2.03. The molecule has 6 nitrogen and oxygen atoms in total. The molecule has 0 radical (unpaired) electrons. The summed E-state index contributed by atoms with van der Waals surface area (Å²) in [5, 5.41) is 10.4. The third kappa shape index (κ3) is 2.96. The Hall–Kier alpha value is -2.76. The topological polar surface area (TPSA) is 60.9 Å². The van der Waals surface area contributed by atoms with Gasteiger partial charge in [-0.1, -0.05) is 50.1 Å². The van der Waals surface area contributed by atoms with Crippen molar-refractivity contribution in [3.63, 3.8) is 0 Å². The molecule has 4 rings (SSSR count). The number of fused-ring (bicyclic) bond motifs is 3. The zero-order chi connectivity index (χ0) is 18.1. The van der Waals surface area contributed by atoms with E-state index in [-0.39, 0.29) is 0 Å². The Morgan fingerprint density at radius 2 is 1.77 bits per heavy atom. The third-order valence-electron chi connectivity index (χ3n) is 4.59. The number of rotatable bonds is 6. The predicted octanol–water partition coefficient (Wildman–Crippen LogP) is 4.20. The van der Waals surface area contributed by atoms with Crippen molar-refractivity contribution >= 4 is 16.7 Å². The van der Waals surface area contributed by atoms with Gasteiger partial charge in [0, 0.05) is 24.7 Å². The molecule has 3 aromatic heterocycles. The first kappa shape index (κ1) is 16.7. The van der Waals surface area contributed by atoms with Gasteiger partial charge in [-0.2, -0.15) is 9.61 Å². The van der Waals surface area contributed by atoms with Crippen LogP contribution in [0.2, 0.25) is 0 Å². The van der Waals surface area contributed by atoms with Gasteiger partial charge < -0.3 is 0 Å². The van der Waals surface area contributed by atoms with Crippen molar-refractivity contribution in [1.82, 2.24) is 29.4 Å². The number of nitrogens with zero attached hydrogens (tertiary/aromatic N) is 6. The molecular formula is C20H24N6. The minimum atomic E-state index is 0.736. The molecular weight excluding hydrogens is 324 g/mol. The fourth-order valence-corrected chi connectivity index (χ4v) is 3.15. The van der Waals surface area contributed by atoms with Crippen molar-refractivity contribution in [2.45, 2.75) is 53.0 Å². The van der Waals surface area contributed by atoms with Gasteiger partial charge in [0.15, 0.2) is 17.1 Å². The molecule has 26 heavy (non-hydrogen) atoms. The first-order valence-electron chi connectivity index (χ1n) is 9.39. The molecule has 0 aliphatic carbocycles. The Balaban J connectivity index is 1.91. The van der Waals surface area contributed by atoms with E-state index in [2.05, 4.69) is 50.1 Å². The van der Waals surface area contributed by atoms with Crippen LogP contribution in [0.5, 0.6) is 0 Å². The zero-order valence-corrected chi connectivity index (χ0v) is 15.6. The van der Waals surface area contributed by atoms with Crippen molar-refractivity contribution < 1.29 is 0 Å². The van der Waals surface area contributed by atoms with Crippen LogP contribution in [0.3, 0.4) is 0 Å². The summed E-state index contributed by atoms with van der Waals surface area (Å²) < 4.78 is 3.87. The number of benzene rings is 1. The first-order chi connectivity index (χ1) is 12.7. The lowest BCUT2D eigenvalue weighted by Gasteiger charge is -2.02. The highest BCUT2D eigenvalue weighted by Gasteiger charge is 2.16. The summed E-state index contributed by atoms with van der Waals surface area (Å²) in [6.07, 6.45) is 6.14. The summed E-state index contributed by atoms with van der Waals surface area (Å²) in [5.74, 6) is 1.67. The van der Waals surface area contributed by atoms with E-state index in [1.54, 1.807) is 0 Å². The summed E-state index contributed by atoms with van der Waals surface area (Å²) >= 11 is 0. The lowest BCUT2D eigenvalue weighted by molar-refractivity contribution is 0.606. The largest absolute Gasteiger partial charge is 0.270 e. The molecule has 0 N–H and O–H groups in total. The minimum Gasteiger partial charge on any atom is -0.270 e.